The highest BCUT2D eigenvalue weighted by atomic mass is 32.1. The smallest absolute Gasteiger partial charge is 0.309 e. The first kappa shape index (κ1) is 13.0. The number of nitrogens with zero attached hydrogens (tertiary/aromatic N) is 2. The molecule has 0 radical (unpaired) electrons. The van der Waals surface area contributed by atoms with Crippen LogP contribution in [0.2, 0.25) is 0 Å². The summed E-state index contributed by atoms with van der Waals surface area (Å²) >= 11 is 1.49. The Morgan fingerprint density at radius 2 is 2.25 bits per heavy atom. The largest absolute Gasteiger partial charge is 0.481 e. The van der Waals surface area contributed by atoms with Crippen LogP contribution in [0.25, 0.3) is 0 Å². The number of carboxylic acids is 1. The molecule has 1 heterocycles. The summed E-state index contributed by atoms with van der Waals surface area (Å²) in [6.07, 6.45) is 1.01. The van der Waals surface area contributed by atoms with Gasteiger partial charge in [-0.2, -0.15) is 0 Å². The molecule has 1 N–H and O–H groups in total. The summed E-state index contributed by atoms with van der Waals surface area (Å²) in [6, 6.07) is 0. The standard InChI is InChI=1S/C11H18N2O2S/c1-5-11(2,3)13(4)10-12-8(7-16-10)6-9(14)15/h7H,5-6H2,1-4H3,(H,14,15). The van der Waals surface area contributed by atoms with Crippen LogP contribution < -0.4 is 4.90 Å². The number of hydrogen-bond donors (Lipinski definition) is 1. The lowest BCUT2D eigenvalue weighted by atomic mass is 10.0. The lowest BCUT2D eigenvalue weighted by molar-refractivity contribution is -0.136. The van der Waals surface area contributed by atoms with Crippen LogP contribution in [0.3, 0.4) is 0 Å². The van der Waals surface area contributed by atoms with Gasteiger partial charge in [-0.15, -0.1) is 11.3 Å². The Balaban J connectivity index is 2.81. The van der Waals surface area contributed by atoms with Gasteiger partial charge in [-0.05, 0) is 20.3 Å². The molecule has 0 atom stereocenters. The molecule has 0 saturated heterocycles. The average molecular weight is 242 g/mol. The van der Waals surface area contributed by atoms with E-state index in [1.807, 2.05) is 12.4 Å². The molecule has 0 unspecified atom stereocenters. The van der Waals surface area contributed by atoms with Crippen LogP contribution >= 0.6 is 11.3 Å². The number of carbonyl (C=O) groups is 1. The van der Waals surface area contributed by atoms with Gasteiger partial charge in [0.2, 0.25) is 0 Å². The van der Waals surface area contributed by atoms with E-state index in [-0.39, 0.29) is 12.0 Å². The van der Waals surface area contributed by atoms with E-state index in [1.54, 1.807) is 0 Å². The van der Waals surface area contributed by atoms with Crippen molar-refractivity contribution in [3.8, 4) is 0 Å². The fourth-order valence-electron chi connectivity index (χ4n) is 1.18. The summed E-state index contributed by atoms with van der Waals surface area (Å²) in [5.74, 6) is -0.839. The Hall–Kier alpha value is -1.10. The minimum absolute atomic E-state index is 0.00308. The molecule has 16 heavy (non-hydrogen) atoms. The molecule has 0 fully saturated rings. The highest BCUT2D eigenvalue weighted by molar-refractivity contribution is 7.13. The maximum Gasteiger partial charge on any atom is 0.309 e. The van der Waals surface area contributed by atoms with Gasteiger partial charge < -0.3 is 10.0 Å². The second kappa shape index (κ2) is 4.82. The first-order valence-electron chi connectivity index (χ1n) is 5.27. The quantitative estimate of drug-likeness (QED) is 0.861. The molecule has 0 spiro atoms. The third-order valence-corrected chi connectivity index (χ3v) is 3.90. The number of aliphatic carboxylic acids is 1. The van der Waals surface area contributed by atoms with Crippen LogP contribution in [0, 0.1) is 0 Å². The van der Waals surface area contributed by atoms with Gasteiger partial charge in [-0.1, -0.05) is 6.92 Å². The molecule has 90 valence electrons. The molecule has 0 aliphatic carbocycles. The van der Waals surface area contributed by atoms with Gasteiger partial charge in [0.15, 0.2) is 5.13 Å². The van der Waals surface area contributed by atoms with Gasteiger partial charge in [0, 0.05) is 18.0 Å². The van der Waals surface area contributed by atoms with Crippen molar-refractivity contribution in [3.05, 3.63) is 11.1 Å². The van der Waals surface area contributed by atoms with Crippen molar-refractivity contribution >= 4 is 22.4 Å². The summed E-state index contributed by atoms with van der Waals surface area (Å²) in [6.45, 7) is 6.42. The van der Waals surface area contributed by atoms with E-state index in [0.29, 0.717) is 5.69 Å². The lowest BCUT2D eigenvalue weighted by Crippen LogP contribution is -2.40. The predicted molar refractivity (Wildman–Crippen MR) is 66.2 cm³/mol. The summed E-state index contributed by atoms with van der Waals surface area (Å²) < 4.78 is 0. The summed E-state index contributed by atoms with van der Waals surface area (Å²) in [5, 5.41) is 11.4. The van der Waals surface area contributed by atoms with Gasteiger partial charge in [-0.3, -0.25) is 4.79 Å². The van der Waals surface area contributed by atoms with Crippen molar-refractivity contribution in [1.82, 2.24) is 4.98 Å². The Bertz CT molecular complexity index is 374. The molecule has 1 rings (SSSR count). The van der Waals surface area contributed by atoms with Gasteiger partial charge in [0.25, 0.3) is 0 Å². The number of carboxylic acid groups (broad SMARTS) is 1. The van der Waals surface area contributed by atoms with Gasteiger partial charge in [0.1, 0.15) is 0 Å². The SMILES string of the molecule is CCC(C)(C)N(C)c1nc(CC(=O)O)cs1. The highest BCUT2D eigenvalue weighted by Crippen LogP contribution is 2.27. The van der Waals surface area contributed by atoms with Crippen LogP contribution in [0.15, 0.2) is 5.38 Å². The fraction of sp³-hybridized carbons (Fsp3) is 0.636. The molecule has 1 aromatic heterocycles. The van der Waals surface area contributed by atoms with Crippen LogP contribution in [0.1, 0.15) is 32.9 Å². The van der Waals surface area contributed by atoms with E-state index in [9.17, 15) is 4.79 Å². The molecule has 0 saturated carbocycles. The van der Waals surface area contributed by atoms with Gasteiger partial charge in [-0.25, -0.2) is 4.98 Å². The molecule has 1 aromatic rings. The summed E-state index contributed by atoms with van der Waals surface area (Å²) in [7, 11) is 1.99. The molecule has 0 amide bonds. The molecule has 0 bridgehead atoms. The van der Waals surface area contributed by atoms with E-state index in [2.05, 4.69) is 30.7 Å². The molecular formula is C11H18N2O2S. The Kier molecular flexibility index (Phi) is 3.91. The normalized spacial score (nSPS) is 11.5. The molecule has 0 aliphatic rings. The first-order chi connectivity index (χ1) is 7.36. The van der Waals surface area contributed by atoms with Gasteiger partial charge >= 0.3 is 5.97 Å². The maximum atomic E-state index is 10.6. The van der Waals surface area contributed by atoms with Crippen LogP contribution in [0.4, 0.5) is 5.13 Å². The molecule has 0 aliphatic heterocycles. The predicted octanol–water partition coefficient (Wildman–Crippen LogP) is 2.39. The van der Waals surface area contributed by atoms with E-state index in [1.165, 1.54) is 11.3 Å². The second-order valence-corrected chi connectivity index (χ2v) is 5.25. The number of aromatic nitrogens is 1. The fourth-order valence-corrected chi connectivity index (χ4v) is 2.14. The zero-order valence-corrected chi connectivity index (χ0v) is 11.0. The zero-order chi connectivity index (χ0) is 12.3. The van der Waals surface area contributed by atoms with Crippen molar-refractivity contribution < 1.29 is 9.90 Å². The van der Waals surface area contributed by atoms with E-state index in [0.717, 1.165) is 11.6 Å². The van der Waals surface area contributed by atoms with Crippen LogP contribution in [0.5, 0.6) is 0 Å². The zero-order valence-electron chi connectivity index (χ0n) is 10.1. The highest BCUT2D eigenvalue weighted by Gasteiger charge is 2.23. The third-order valence-electron chi connectivity index (χ3n) is 2.93. The van der Waals surface area contributed by atoms with Crippen molar-refractivity contribution in [2.24, 2.45) is 0 Å². The van der Waals surface area contributed by atoms with Crippen molar-refractivity contribution in [1.29, 1.82) is 0 Å². The number of thiazole rings is 1. The number of rotatable bonds is 5. The molecular weight excluding hydrogens is 224 g/mol. The Morgan fingerprint density at radius 3 is 2.75 bits per heavy atom. The Labute approximate surface area is 99.9 Å². The van der Waals surface area contributed by atoms with Crippen LogP contribution in [-0.4, -0.2) is 28.6 Å². The second-order valence-electron chi connectivity index (χ2n) is 4.42. The van der Waals surface area contributed by atoms with Gasteiger partial charge in [0.05, 0.1) is 12.1 Å². The molecule has 4 nitrogen and oxygen atoms in total. The minimum Gasteiger partial charge on any atom is -0.481 e. The minimum atomic E-state index is -0.839. The maximum absolute atomic E-state index is 10.6. The van der Waals surface area contributed by atoms with E-state index in [4.69, 9.17) is 5.11 Å². The monoisotopic (exact) mass is 242 g/mol. The summed E-state index contributed by atoms with van der Waals surface area (Å²) in [4.78, 5) is 17.0. The topological polar surface area (TPSA) is 53.4 Å². The van der Waals surface area contributed by atoms with Crippen LogP contribution in [-0.2, 0) is 11.2 Å². The number of anilines is 1. The number of hydrogen-bond acceptors (Lipinski definition) is 4. The van der Waals surface area contributed by atoms with Crippen molar-refractivity contribution in [2.45, 2.75) is 39.2 Å². The van der Waals surface area contributed by atoms with E-state index < -0.39 is 5.97 Å². The van der Waals surface area contributed by atoms with Crippen molar-refractivity contribution in [2.75, 3.05) is 11.9 Å². The third kappa shape index (κ3) is 2.95. The first-order valence-corrected chi connectivity index (χ1v) is 6.15. The average Bonchev–Trinajstić information content (AvgIpc) is 2.64. The lowest BCUT2D eigenvalue weighted by Gasteiger charge is -2.34. The van der Waals surface area contributed by atoms with E-state index >= 15 is 0 Å². The molecule has 5 heteroatoms. The molecule has 0 aromatic carbocycles. The summed E-state index contributed by atoms with van der Waals surface area (Å²) in [5.41, 5.74) is 0.671. The Morgan fingerprint density at radius 1 is 1.62 bits per heavy atom. The van der Waals surface area contributed by atoms with Crippen molar-refractivity contribution in [3.63, 3.8) is 0 Å².